The van der Waals surface area contributed by atoms with Gasteiger partial charge < -0.3 is 0 Å². The van der Waals surface area contributed by atoms with Crippen LogP contribution in [0.4, 0.5) is 8.78 Å². The van der Waals surface area contributed by atoms with Crippen molar-refractivity contribution in [3.05, 3.63) is 69.2 Å². The molecule has 0 fully saturated rings. The van der Waals surface area contributed by atoms with Crippen molar-refractivity contribution in [2.24, 2.45) is 4.99 Å². The molecule has 0 bridgehead atoms. The molecule has 1 N–H and O–H groups in total. The smallest absolute Gasteiger partial charge is 0.268 e. The lowest BCUT2D eigenvalue weighted by Gasteiger charge is -2.19. The van der Waals surface area contributed by atoms with Crippen LogP contribution in [0.3, 0.4) is 0 Å². The second-order valence-corrected chi connectivity index (χ2v) is 5.11. The van der Waals surface area contributed by atoms with Gasteiger partial charge in [0.25, 0.3) is 5.91 Å². The van der Waals surface area contributed by atoms with Crippen LogP contribution in [0.15, 0.2) is 41.4 Å². The quantitative estimate of drug-likeness (QED) is 0.868. The summed E-state index contributed by atoms with van der Waals surface area (Å²) in [7, 11) is 0. The first-order chi connectivity index (χ1) is 10.5. The molecule has 1 heterocycles. The molecule has 0 radical (unpaired) electrons. The van der Waals surface area contributed by atoms with Gasteiger partial charge >= 0.3 is 0 Å². The molecule has 0 aromatic heterocycles. The molecular formula is C15H9ClF2N2O2. The molecule has 0 saturated heterocycles. The molecule has 112 valence electrons. The van der Waals surface area contributed by atoms with Crippen LogP contribution >= 0.6 is 11.6 Å². The summed E-state index contributed by atoms with van der Waals surface area (Å²) in [6, 6.07) is 7.68. The third kappa shape index (κ3) is 2.47. The number of rotatable bonds is 1. The van der Waals surface area contributed by atoms with Gasteiger partial charge in [-0.15, -0.1) is 0 Å². The topological polar surface area (TPSA) is 52.9 Å². The van der Waals surface area contributed by atoms with E-state index in [1.807, 2.05) is 0 Å². The summed E-state index contributed by atoms with van der Waals surface area (Å²) >= 11 is 5.92. The normalized spacial score (nSPS) is 14.5. The Morgan fingerprint density at radius 1 is 1.18 bits per heavy atom. The van der Waals surface area contributed by atoms with Crippen LogP contribution in [-0.4, -0.2) is 22.7 Å². The largest absolute Gasteiger partial charge is 0.288 e. The van der Waals surface area contributed by atoms with Crippen LogP contribution in [0.25, 0.3) is 5.70 Å². The molecule has 1 amide bonds. The summed E-state index contributed by atoms with van der Waals surface area (Å²) in [6.07, 6.45) is 0. The molecule has 4 nitrogen and oxygen atoms in total. The van der Waals surface area contributed by atoms with Crippen LogP contribution in [0.1, 0.15) is 5.56 Å². The fourth-order valence-electron chi connectivity index (χ4n) is 2.30. The van der Waals surface area contributed by atoms with Gasteiger partial charge in [0, 0.05) is 10.2 Å². The minimum atomic E-state index is -0.866. The Labute approximate surface area is 128 Å². The summed E-state index contributed by atoms with van der Waals surface area (Å²) in [4.78, 5) is 15.5. The van der Waals surface area contributed by atoms with E-state index in [0.717, 1.165) is 12.1 Å². The Morgan fingerprint density at radius 2 is 1.86 bits per heavy atom. The average Bonchev–Trinajstić information content (AvgIpc) is 2.55. The highest BCUT2D eigenvalue weighted by Crippen LogP contribution is 2.22. The SMILES string of the molecule is O=C1CN(O)C(c2c(F)cccc2F)=c2cc(Cl)ccc2=N1. The van der Waals surface area contributed by atoms with E-state index in [4.69, 9.17) is 11.6 Å². The zero-order chi connectivity index (χ0) is 15.9. The molecule has 0 atom stereocenters. The summed E-state index contributed by atoms with van der Waals surface area (Å²) in [5.74, 6) is -2.37. The first-order valence-corrected chi connectivity index (χ1v) is 6.67. The van der Waals surface area contributed by atoms with E-state index in [9.17, 15) is 18.8 Å². The first kappa shape index (κ1) is 14.6. The van der Waals surface area contributed by atoms with Crippen LogP contribution in [0.5, 0.6) is 0 Å². The third-order valence-corrected chi connectivity index (χ3v) is 3.44. The van der Waals surface area contributed by atoms with Crippen molar-refractivity contribution in [3.8, 4) is 0 Å². The summed E-state index contributed by atoms with van der Waals surface area (Å²) in [5.41, 5.74) is -0.638. The van der Waals surface area contributed by atoms with Gasteiger partial charge in [-0.1, -0.05) is 17.7 Å². The first-order valence-electron chi connectivity index (χ1n) is 6.29. The number of carbonyl (C=O) groups excluding carboxylic acids is 1. The summed E-state index contributed by atoms with van der Waals surface area (Å²) in [6.45, 7) is -0.518. The van der Waals surface area contributed by atoms with Gasteiger partial charge in [0.1, 0.15) is 18.2 Å². The van der Waals surface area contributed by atoms with E-state index in [-0.39, 0.29) is 21.3 Å². The molecule has 3 rings (SSSR count). The third-order valence-electron chi connectivity index (χ3n) is 3.20. The molecule has 22 heavy (non-hydrogen) atoms. The van der Waals surface area contributed by atoms with Gasteiger partial charge in [-0.05, 0) is 30.3 Å². The zero-order valence-electron chi connectivity index (χ0n) is 11.1. The predicted octanol–water partition coefficient (Wildman–Crippen LogP) is 1.63. The molecule has 0 spiro atoms. The number of amides is 1. The maximum atomic E-state index is 14.1. The van der Waals surface area contributed by atoms with Crippen molar-refractivity contribution >= 4 is 23.2 Å². The highest BCUT2D eigenvalue weighted by atomic mass is 35.5. The van der Waals surface area contributed by atoms with E-state index in [2.05, 4.69) is 4.99 Å². The van der Waals surface area contributed by atoms with Crippen LogP contribution in [-0.2, 0) is 4.79 Å². The summed E-state index contributed by atoms with van der Waals surface area (Å²) < 4.78 is 28.2. The van der Waals surface area contributed by atoms with Crippen molar-refractivity contribution in [1.29, 1.82) is 0 Å². The Morgan fingerprint density at radius 3 is 2.55 bits per heavy atom. The molecule has 1 aliphatic heterocycles. The van der Waals surface area contributed by atoms with E-state index in [0.29, 0.717) is 5.06 Å². The predicted molar refractivity (Wildman–Crippen MR) is 74.6 cm³/mol. The van der Waals surface area contributed by atoms with E-state index >= 15 is 0 Å². The lowest BCUT2D eigenvalue weighted by Crippen LogP contribution is -2.32. The van der Waals surface area contributed by atoms with Gasteiger partial charge in [-0.25, -0.2) is 18.8 Å². The second-order valence-electron chi connectivity index (χ2n) is 4.67. The Bertz CT molecular complexity index is 879. The number of halogens is 3. The molecule has 0 unspecified atom stereocenters. The Hall–Kier alpha value is -2.31. The number of nitrogens with zero attached hydrogens (tertiary/aromatic N) is 2. The van der Waals surface area contributed by atoms with Gasteiger partial charge in [0.15, 0.2) is 0 Å². The van der Waals surface area contributed by atoms with Crippen molar-refractivity contribution in [1.82, 2.24) is 5.06 Å². The number of hydrogen-bond donors (Lipinski definition) is 1. The highest BCUT2D eigenvalue weighted by Gasteiger charge is 2.23. The van der Waals surface area contributed by atoms with Gasteiger partial charge in [-0.3, -0.25) is 10.0 Å². The molecule has 0 saturated carbocycles. The number of benzene rings is 2. The summed E-state index contributed by atoms with van der Waals surface area (Å²) in [5, 5.41) is 11.2. The monoisotopic (exact) mass is 322 g/mol. The highest BCUT2D eigenvalue weighted by molar-refractivity contribution is 6.30. The van der Waals surface area contributed by atoms with Gasteiger partial charge in [0.2, 0.25) is 0 Å². The van der Waals surface area contributed by atoms with E-state index in [1.54, 1.807) is 0 Å². The van der Waals surface area contributed by atoms with Crippen LogP contribution < -0.4 is 10.6 Å². The molecular weight excluding hydrogens is 314 g/mol. The van der Waals surface area contributed by atoms with Crippen molar-refractivity contribution in [3.63, 3.8) is 0 Å². The Balaban J connectivity index is 2.50. The van der Waals surface area contributed by atoms with Gasteiger partial charge in [-0.2, -0.15) is 0 Å². The van der Waals surface area contributed by atoms with Gasteiger partial charge in [0.05, 0.1) is 16.6 Å². The minimum absolute atomic E-state index is 0.171. The number of fused-ring (bicyclic) bond motifs is 1. The standard InChI is InChI=1S/C15H9ClF2N2O2/c16-8-4-5-12-9(6-8)15(20(22)7-13(21)19-12)14-10(17)2-1-3-11(14)18/h1-6,22H,7H2. The molecule has 2 aromatic carbocycles. The second kappa shape index (κ2) is 5.47. The van der Waals surface area contributed by atoms with Crippen LogP contribution in [0.2, 0.25) is 5.02 Å². The molecule has 1 aliphatic rings. The minimum Gasteiger partial charge on any atom is -0.288 e. The number of carbonyl (C=O) groups is 1. The molecule has 7 heteroatoms. The number of hydrogen-bond acceptors (Lipinski definition) is 3. The molecule has 2 aromatic rings. The van der Waals surface area contributed by atoms with E-state index in [1.165, 1.54) is 24.3 Å². The zero-order valence-corrected chi connectivity index (χ0v) is 11.8. The van der Waals surface area contributed by atoms with Crippen molar-refractivity contribution in [2.75, 3.05) is 6.54 Å². The van der Waals surface area contributed by atoms with E-state index < -0.39 is 29.6 Å². The fourth-order valence-corrected chi connectivity index (χ4v) is 2.47. The number of hydroxylamine groups is 2. The lowest BCUT2D eigenvalue weighted by molar-refractivity contribution is -0.125. The molecule has 0 aliphatic carbocycles. The average molecular weight is 323 g/mol. The van der Waals surface area contributed by atoms with Crippen molar-refractivity contribution in [2.45, 2.75) is 0 Å². The fraction of sp³-hybridized carbons (Fsp3) is 0.0667. The maximum Gasteiger partial charge on any atom is 0.268 e. The van der Waals surface area contributed by atoms with Crippen LogP contribution in [0, 0.1) is 11.6 Å². The van der Waals surface area contributed by atoms with Crippen molar-refractivity contribution < 1.29 is 18.8 Å². The maximum absolute atomic E-state index is 14.1. The Kier molecular flexibility index (Phi) is 3.64. The lowest BCUT2D eigenvalue weighted by atomic mass is 10.1.